The molecule has 0 bridgehead atoms. The van der Waals surface area contributed by atoms with Gasteiger partial charge in [0, 0.05) is 14.1 Å². The Bertz CT molecular complexity index is 1870. The standard InChI is InChI=1S/C42H69F2N12O8P/c1-6-7-8-9-10-11-12-13-14-15-16-17-18-19-20-21-22-60-65(59,61-23-25-33(57)41(2,43)35(63-25)29-27-31(55-53-29)37(47-4)51-39(45)49-27)62-24-26-34(58)42(3,44)36(64-26)30-28-32(56-54-30)38(48-5)52-40(46)50-28/h25-26,29-30,33-36,57-58H,6-24H2,1-5H3,(H3,45,47,49,51)(H3,46,48,50,52). The number of halogens is 2. The van der Waals surface area contributed by atoms with Crippen LogP contribution in [0, 0.1) is 0 Å². The van der Waals surface area contributed by atoms with Crippen LogP contribution < -0.4 is 22.1 Å². The van der Waals surface area contributed by atoms with Gasteiger partial charge in [0.15, 0.2) is 34.3 Å². The number of nitrogens with zero attached hydrogens (tertiary/aromatic N) is 8. The van der Waals surface area contributed by atoms with Gasteiger partial charge in [-0.15, -0.1) is 10.2 Å². The lowest BCUT2D eigenvalue weighted by Crippen LogP contribution is -2.44. The first-order chi connectivity index (χ1) is 31.1. The van der Waals surface area contributed by atoms with E-state index >= 15 is 8.78 Å². The maximum Gasteiger partial charge on any atom is 0.474 e. The van der Waals surface area contributed by atoms with Crippen molar-refractivity contribution < 1.29 is 46.6 Å². The minimum atomic E-state index is -4.58. The maximum atomic E-state index is 16.4. The Morgan fingerprint density at radius 3 is 1.37 bits per heavy atom. The molecule has 10 unspecified atom stereocenters. The topological polar surface area (TPSA) is 281 Å². The predicted octanol–water partition coefficient (Wildman–Crippen LogP) is 8.62. The number of rotatable bonds is 28. The monoisotopic (exact) mass is 939 g/mol. The Balaban J connectivity index is 1.04. The molecule has 65 heavy (non-hydrogen) atoms. The minimum absolute atomic E-state index is 0.0346. The van der Waals surface area contributed by atoms with Gasteiger partial charge in [-0.1, -0.05) is 103 Å². The first kappa shape index (κ1) is 50.8. The van der Waals surface area contributed by atoms with Gasteiger partial charge in [-0.2, -0.15) is 20.2 Å². The van der Waals surface area contributed by atoms with Crippen molar-refractivity contribution in [1.82, 2.24) is 19.9 Å². The molecule has 6 heterocycles. The van der Waals surface area contributed by atoms with E-state index in [-0.39, 0.29) is 52.9 Å². The number of nitrogens with two attached hydrogens (primary N) is 2. The van der Waals surface area contributed by atoms with Crippen molar-refractivity contribution in [2.75, 3.05) is 56.0 Å². The lowest BCUT2D eigenvalue weighted by molar-refractivity contribution is -0.0472. The van der Waals surface area contributed by atoms with E-state index in [1.165, 1.54) is 70.6 Å². The number of nitrogen functional groups attached to an aromatic ring is 2. The Morgan fingerprint density at radius 2 is 1.00 bits per heavy atom. The van der Waals surface area contributed by atoms with Crippen molar-refractivity contribution in [3.63, 3.8) is 0 Å². The van der Waals surface area contributed by atoms with E-state index in [0.29, 0.717) is 6.42 Å². The highest BCUT2D eigenvalue weighted by Gasteiger charge is 2.60. The second-order valence-electron chi connectivity index (χ2n) is 17.7. The van der Waals surface area contributed by atoms with Crippen LogP contribution in [-0.2, 0) is 27.6 Å². The van der Waals surface area contributed by atoms with Gasteiger partial charge < -0.3 is 41.8 Å². The first-order valence-corrected chi connectivity index (χ1v) is 24.7. The summed E-state index contributed by atoms with van der Waals surface area (Å²) in [7, 11) is -1.37. The van der Waals surface area contributed by atoms with Gasteiger partial charge in [-0.05, 0) is 20.3 Å². The second kappa shape index (κ2) is 22.9. The highest BCUT2D eigenvalue weighted by atomic mass is 31.2. The number of anilines is 4. The molecule has 6 rings (SSSR count). The fourth-order valence-corrected chi connectivity index (χ4v) is 10.1. The van der Waals surface area contributed by atoms with E-state index in [2.05, 4.69) is 58.0 Å². The molecule has 23 heteroatoms. The summed E-state index contributed by atoms with van der Waals surface area (Å²) in [6, 6.07) is -2.20. The molecule has 4 aliphatic rings. The van der Waals surface area contributed by atoms with Crippen LogP contribution in [0.5, 0.6) is 0 Å². The molecule has 0 amide bonds. The molecule has 2 aromatic rings. The third-order valence-electron chi connectivity index (χ3n) is 12.7. The van der Waals surface area contributed by atoms with Gasteiger partial charge in [0.1, 0.15) is 60.1 Å². The van der Waals surface area contributed by atoms with Crippen LogP contribution in [0.25, 0.3) is 0 Å². The van der Waals surface area contributed by atoms with Crippen LogP contribution in [0.1, 0.15) is 147 Å². The highest BCUT2D eigenvalue weighted by molar-refractivity contribution is 7.48. The smallest absolute Gasteiger partial charge is 0.387 e. The molecule has 0 radical (unpaired) electrons. The van der Waals surface area contributed by atoms with Crippen molar-refractivity contribution in [3.05, 3.63) is 11.4 Å². The van der Waals surface area contributed by atoms with E-state index in [0.717, 1.165) is 39.5 Å². The fourth-order valence-electron chi connectivity index (χ4n) is 8.85. The average molecular weight is 939 g/mol. The van der Waals surface area contributed by atoms with Gasteiger partial charge >= 0.3 is 7.82 Å². The summed E-state index contributed by atoms with van der Waals surface area (Å²) in [5.41, 5.74) is 7.89. The summed E-state index contributed by atoms with van der Waals surface area (Å²) in [5.74, 6) is 0.372. The molecule has 364 valence electrons. The predicted molar refractivity (Wildman–Crippen MR) is 240 cm³/mol. The number of nitrogens with one attached hydrogen (secondary N) is 2. The summed E-state index contributed by atoms with van der Waals surface area (Å²) in [6.45, 7) is 3.20. The lowest BCUT2D eigenvalue weighted by Gasteiger charge is -2.26. The molecule has 0 saturated carbocycles. The number of aliphatic hydroxyl groups is 2. The summed E-state index contributed by atoms with van der Waals surface area (Å²) < 4.78 is 76.5. The Kier molecular flexibility index (Phi) is 17.9. The fraction of sp³-hybridized carbons (Fsp3) is 0.810. The Hall–Kier alpha value is -3.63. The molecule has 8 N–H and O–H groups in total. The van der Waals surface area contributed by atoms with Crippen molar-refractivity contribution >= 4 is 42.7 Å². The van der Waals surface area contributed by atoms with Crippen LogP contribution in [-0.4, -0.2) is 112 Å². The quantitative estimate of drug-likeness (QED) is 0.0344. The van der Waals surface area contributed by atoms with Crippen LogP contribution in [0.3, 0.4) is 0 Å². The van der Waals surface area contributed by atoms with Gasteiger partial charge in [-0.25, -0.2) is 23.3 Å². The van der Waals surface area contributed by atoms with Crippen molar-refractivity contribution in [2.24, 2.45) is 20.5 Å². The van der Waals surface area contributed by atoms with E-state index in [1.807, 2.05) is 0 Å². The molecule has 0 aliphatic carbocycles. The molecule has 4 aliphatic heterocycles. The zero-order chi connectivity index (χ0) is 46.8. The van der Waals surface area contributed by atoms with Crippen LogP contribution in [0.15, 0.2) is 20.5 Å². The van der Waals surface area contributed by atoms with E-state index in [4.69, 9.17) is 34.5 Å². The number of hydrogen-bond donors (Lipinski definition) is 6. The van der Waals surface area contributed by atoms with E-state index in [9.17, 15) is 14.8 Å². The normalized spacial score (nSPS) is 29.9. The molecule has 2 aromatic heterocycles. The molecule has 0 spiro atoms. The number of ether oxygens (including phenoxy) is 2. The molecule has 2 saturated heterocycles. The molecular weight excluding hydrogens is 870 g/mol. The third-order valence-corrected chi connectivity index (χ3v) is 14.1. The molecule has 0 aromatic carbocycles. The minimum Gasteiger partial charge on any atom is -0.387 e. The number of alkyl halides is 2. The molecule has 20 nitrogen and oxygen atoms in total. The maximum absolute atomic E-state index is 16.4. The number of unbranched alkanes of at least 4 members (excludes halogenated alkanes) is 15. The zero-order valence-corrected chi connectivity index (χ0v) is 39.2. The second-order valence-corrected chi connectivity index (χ2v) is 19.4. The summed E-state index contributed by atoms with van der Waals surface area (Å²) in [5, 5.41) is 44.7. The van der Waals surface area contributed by atoms with Crippen LogP contribution in [0.2, 0.25) is 0 Å². The van der Waals surface area contributed by atoms with Crippen LogP contribution >= 0.6 is 7.82 Å². The Labute approximate surface area is 379 Å². The lowest BCUT2D eigenvalue weighted by atomic mass is 9.89. The SMILES string of the molecule is CCCCCCCCCCCCCCCCCCOP(=O)(OCC1OC(C2N=Nc3c(NC)nc(N)nc32)C(C)(F)C1O)OCC1OC(C2N=Nc3c(NC)nc(N)nc32)C(C)(F)C1O. The highest BCUT2D eigenvalue weighted by Crippen LogP contribution is 2.54. The number of phosphoric ester groups is 1. The third kappa shape index (κ3) is 12.1. The zero-order valence-electron chi connectivity index (χ0n) is 38.3. The molecule has 2 fully saturated rings. The average Bonchev–Trinajstić information content (AvgIpc) is 4.01. The van der Waals surface area contributed by atoms with Gasteiger partial charge in [0.05, 0.1) is 19.8 Å². The van der Waals surface area contributed by atoms with E-state index in [1.54, 1.807) is 14.1 Å². The number of aromatic nitrogens is 4. The molecule has 10 atom stereocenters. The Morgan fingerprint density at radius 1 is 0.631 bits per heavy atom. The van der Waals surface area contributed by atoms with Crippen LogP contribution in [0.4, 0.5) is 43.7 Å². The number of azo groups is 2. The number of aliphatic hydroxyl groups excluding tert-OH is 2. The van der Waals surface area contributed by atoms with Gasteiger partial charge in [0.2, 0.25) is 11.9 Å². The number of hydrogen-bond acceptors (Lipinski definition) is 20. The van der Waals surface area contributed by atoms with Gasteiger partial charge in [-0.3, -0.25) is 13.6 Å². The number of fused-ring (bicyclic) bond motifs is 2. The van der Waals surface area contributed by atoms with Crippen molar-refractivity contribution in [1.29, 1.82) is 0 Å². The summed E-state index contributed by atoms with van der Waals surface area (Å²) >= 11 is 0. The number of phosphoric acid groups is 1. The molecular formula is C42H69F2N12O8P. The van der Waals surface area contributed by atoms with E-state index < -0.39 is 81.1 Å². The van der Waals surface area contributed by atoms with Gasteiger partial charge in [0.25, 0.3) is 0 Å². The summed E-state index contributed by atoms with van der Waals surface area (Å²) in [6.07, 6.45) is 9.57. The van der Waals surface area contributed by atoms with Crippen molar-refractivity contribution in [3.8, 4) is 0 Å². The largest absolute Gasteiger partial charge is 0.474 e. The van der Waals surface area contributed by atoms with Crippen molar-refractivity contribution in [2.45, 2.75) is 184 Å². The summed E-state index contributed by atoms with van der Waals surface area (Å²) in [4.78, 5) is 16.6. The first-order valence-electron chi connectivity index (χ1n) is 23.3.